The number of nitrogen functional groups attached to an aromatic ring is 1. The maximum Gasteiger partial charge on any atom is 0.137 e. The SMILES string of the molecule is CN1CCN(Cc2cnc3ccc(N)cn23)CC1. The molecular formula is C13H19N5. The number of nitrogens with zero attached hydrogens (tertiary/aromatic N) is 4. The summed E-state index contributed by atoms with van der Waals surface area (Å²) in [7, 11) is 2.17. The van der Waals surface area contributed by atoms with Crippen molar-refractivity contribution in [2.24, 2.45) is 0 Å². The second-order valence-electron chi connectivity index (χ2n) is 5.02. The van der Waals surface area contributed by atoms with E-state index < -0.39 is 0 Å². The zero-order valence-electron chi connectivity index (χ0n) is 10.7. The monoisotopic (exact) mass is 245 g/mol. The standard InChI is InChI=1S/C13H19N5/c1-16-4-6-17(7-5-16)10-12-8-15-13-3-2-11(14)9-18(12)13/h2-3,8-9H,4-7,10,14H2,1H3. The highest BCUT2D eigenvalue weighted by Crippen LogP contribution is 2.13. The summed E-state index contributed by atoms with van der Waals surface area (Å²) in [6.45, 7) is 5.45. The van der Waals surface area contributed by atoms with Gasteiger partial charge >= 0.3 is 0 Å². The Morgan fingerprint density at radius 3 is 2.78 bits per heavy atom. The molecule has 0 aromatic carbocycles. The first kappa shape index (κ1) is 11.5. The number of nitrogens with two attached hydrogens (primary N) is 1. The van der Waals surface area contributed by atoms with Crippen molar-refractivity contribution < 1.29 is 0 Å². The summed E-state index contributed by atoms with van der Waals surface area (Å²) in [5.41, 5.74) is 8.79. The van der Waals surface area contributed by atoms with E-state index in [4.69, 9.17) is 5.73 Å². The molecule has 2 aromatic heterocycles. The van der Waals surface area contributed by atoms with Crippen LogP contribution in [-0.2, 0) is 6.54 Å². The van der Waals surface area contributed by atoms with Gasteiger partial charge in [-0.25, -0.2) is 4.98 Å². The maximum atomic E-state index is 5.83. The van der Waals surface area contributed by atoms with Crippen LogP contribution in [0.15, 0.2) is 24.5 Å². The zero-order valence-corrected chi connectivity index (χ0v) is 10.7. The molecule has 3 heterocycles. The molecule has 3 rings (SSSR count). The Labute approximate surface area is 107 Å². The fraction of sp³-hybridized carbons (Fsp3) is 0.462. The van der Waals surface area contributed by atoms with Gasteiger partial charge in [0.2, 0.25) is 0 Å². The lowest BCUT2D eigenvalue weighted by atomic mass is 10.3. The molecule has 2 aromatic rings. The average molecular weight is 245 g/mol. The number of likely N-dealkylation sites (N-methyl/N-ethyl adjacent to an activating group) is 1. The van der Waals surface area contributed by atoms with Crippen LogP contribution in [0, 0.1) is 0 Å². The molecule has 0 unspecified atom stereocenters. The third-order valence-corrected chi connectivity index (χ3v) is 3.59. The van der Waals surface area contributed by atoms with Gasteiger partial charge in [0.05, 0.1) is 11.9 Å². The largest absolute Gasteiger partial charge is 0.398 e. The fourth-order valence-electron chi connectivity index (χ4n) is 2.40. The molecule has 18 heavy (non-hydrogen) atoms. The molecule has 0 atom stereocenters. The molecule has 0 bridgehead atoms. The van der Waals surface area contributed by atoms with Gasteiger partial charge in [0, 0.05) is 44.6 Å². The maximum absolute atomic E-state index is 5.83. The molecule has 96 valence electrons. The Kier molecular flexibility index (Phi) is 2.93. The van der Waals surface area contributed by atoms with Gasteiger partial charge in [-0.15, -0.1) is 0 Å². The van der Waals surface area contributed by atoms with Gasteiger partial charge in [-0.3, -0.25) is 4.90 Å². The quantitative estimate of drug-likeness (QED) is 0.844. The van der Waals surface area contributed by atoms with Crippen molar-refractivity contribution >= 4 is 11.3 Å². The van der Waals surface area contributed by atoms with Crippen molar-refractivity contribution in [1.29, 1.82) is 0 Å². The van der Waals surface area contributed by atoms with Crippen molar-refractivity contribution in [3.05, 3.63) is 30.2 Å². The minimum Gasteiger partial charge on any atom is -0.398 e. The van der Waals surface area contributed by atoms with E-state index in [9.17, 15) is 0 Å². The number of fused-ring (bicyclic) bond motifs is 1. The van der Waals surface area contributed by atoms with Gasteiger partial charge in [-0.2, -0.15) is 0 Å². The highest BCUT2D eigenvalue weighted by Gasteiger charge is 2.15. The molecule has 2 N–H and O–H groups in total. The number of imidazole rings is 1. The van der Waals surface area contributed by atoms with Crippen LogP contribution in [-0.4, -0.2) is 52.4 Å². The molecule has 1 aliphatic rings. The van der Waals surface area contributed by atoms with Crippen LogP contribution in [0.5, 0.6) is 0 Å². The number of hydrogen-bond acceptors (Lipinski definition) is 4. The van der Waals surface area contributed by atoms with Gasteiger partial charge in [0.25, 0.3) is 0 Å². The number of piperazine rings is 1. The van der Waals surface area contributed by atoms with E-state index in [1.165, 1.54) is 5.69 Å². The second-order valence-corrected chi connectivity index (χ2v) is 5.02. The van der Waals surface area contributed by atoms with Crippen molar-refractivity contribution in [3.63, 3.8) is 0 Å². The summed E-state index contributed by atoms with van der Waals surface area (Å²) < 4.78 is 2.09. The van der Waals surface area contributed by atoms with Crippen molar-refractivity contribution in [2.45, 2.75) is 6.54 Å². The molecule has 1 saturated heterocycles. The molecule has 1 fully saturated rings. The molecular weight excluding hydrogens is 226 g/mol. The van der Waals surface area contributed by atoms with Crippen molar-refractivity contribution in [3.8, 4) is 0 Å². The van der Waals surface area contributed by atoms with Crippen LogP contribution in [0.25, 0.3) is 5.65 Å². The minimum absolute atomic E-state index is 0.778. The number of aromatic nitrogens is 2. The first-order chi connectivity index (χ1) is 8.72. The molecule has 0 spiro atoms. The first-order valence-corrected chi connectivity index (χ1v) is 6.35. The molecule has 5 nitrogen and oxygen atoms in total. The van der Waals surface area contributed by atoms with E-state index in [1.54, 1.807) is 0 Å². The normalized spacial score (nSPS) is 18.5. The topological polar surface area (TPSA) is 49.8 Å². The van der Waals surface area contributed by atoms with Gasteiger partial charge in [-0.05, 0) is 19.2 Å². The van der Waals surface area contributed by atoms with Crippen LogP contribution >= 0.6 is 0 Å². The highest BCUT2D eigenvalue weighted by molar-refractivity contribution is 5.48. The van der Waals surface area contributed by atoms with Gasteiger partial charge < -0.3 is 15.0 Å². The smallest absolute Gasteiger partial charge is 0.137 e. The highest BCUT2D eigenvalue weighted by atomic mass is 15.3. The summed E-state index contributed by atoms with van der Waals surface area (Å²) >= 11 is 0. The Hall–Kier alpha value is -1.59. The van der Waals surface area contributed by atoms with E-state index in [0.29, 0.717) is 0 Å². The van der Waals surface area contributed by atoms with Crippen LogP contribution < -0.4 is 5.73 Å². The van der Waals surface area contributed by atoms with E-state index in [1.807, 2.05) is 24.5 Å². The summed E-state index contributed by atoms with van der Waals surface area (Å²) in [4.78, 5) is 9.24. The molecule has 0 aliphatic carbocycles. The first-order valence-electron chi connectivity index (χ1n) is 6.35. The average Bonchev–Trinajstić information content (AvgIpc) is 2.75. The lowest BCUT2D eigenvalue weighted by Crippen LogP contribution is -2.44. The lowest BCUT2D eigenvalue weighted by molar-refractivity contribution is 0.146. The van der Waals surface area contributed by atoms with E-state index in [2.05, 4.69) is 26.2 Å². The van der Waals surface area contributed by atoms with Crippen LogP contribution in [0.4, 0.5) is 5.69 Å². The summed E-state index contributed by atoms with van der Waals surface area (Å²) in [5.74, 6) is 0. The number of hydrogen-bond donors (Lipinski definition) is 1. The summed E-state index contributed by atoms with van der Waals surface area (Å²) in [6, 6.07) is 3.85. The van der Waals surface area contributed by atoms with Crippen LogP contribution in [0.3, 0.4) is 0 Å². The predicted molar refractivity (Wildman–Crippen MR) is 72.4 cm³/mol. The molecule has 1 aliphatic heterocycles. The Morgan fingerprint density at radius 1 is 1.22 bits per heavy atom. The van der Waals surface area contributed by atoms with Crippen LogP contribution in [0.2, 0.25) is 0 Å². The van der Waals surface area contributed by atoms with E-state index in [-0.39, 0.29) is 0 Å². The van der Waals surface area contributed by atoms with Gasteiger partial charge in [0.15, 0.2) is 0 Å². The van der Waals surface area contributed by atoms with Crippen molar-refractivity contribution in [2.75, 3.05) is 39.0 Å². The zero-order chi connectivity index (χ0) is 12.5. The number of pyridine rings is 1. The summed E-state index contributed by atoms with van der Waals surface area (Å²) in [6.07, 6.45) is 3.90. The predicted octanol–water partition coefficient (Wildman–Crippen LogP) is 0.664. The summed E-state index contributed by atoms with van der Waals surface area (Å²) in [5, 5.41) is 0. The van der Waals surface area contributed by atoms with E-state index >= 15 is 0 Å². The Balaban J connectivity index is 1.80. The Bertz CT molecular complexity index is 539. The van der Waals surface area contributed by atoms with Crippen LogP contribution in [0.1, 0.15) is 5.69 Å². The van der Waals surface area contributed by atoms with Gasteiger partial charge in [-0.1, -0.05) is 0 Å². The second kappa shape index (κ2) is 4.59. The molecule has 0 saturated carbocycles. The minimum atomic E-state index is 0.778. The van der Waals surface area contributed by atoms with Crippen molar-refractivity contribution in [1.82, 2.24) is 19.2 Å². The third-order valence-electron chi connectivity index (χ3n) is 3.59. The fourth-order valence-corrected chi connectivity index (χ4v) is 2.40. The molecule has 0 amide bonds. The van der Waals surface area contributed by atoms with Gasteiger partial charge in [0.1, 0.15) is 5.65 Å². The third kappa shape index (κ3) is 2.19. The molecule has 5 heteroatoms. The Morgan fingerprint density at radius 2 is 2.00 bits per heavy atom. The lowest BCUT2D eigenvalue weighted by Gasteiger charge is -2.32. The number of anilines is 1. The number of rotatable bonds is 2. The molecule has 0 radical (unpaired) electrons. The van der Waals surface area contributed by atoms with E-state index in [0.717, 1.165) is 44.1 Å².